The van der Waals surface area contributed by atoms with Gasteiger partial charge in [-0.05, 0) is 52.9 Å². The lowest BCUT2D eigenvalue weighted by molar-refractivity contribution is -0.274. The van der Waals surface area contributed by atoms with Crippen molar-refractivity contribution in [2.75, 3.05) is 5.32 Å². The minimum Gasteiger partial charge on any atom is -0.406 e. The van der Waals surface area contributed by atoms with E-state index in [9.17, 15) is 18.0 Å². The number of hydrogen-bond acceptors (Lipinski definition) is 2. The monoisotopic (exact) mass is 485 g/mol. The minimum atomic E-state index is -4.78. The van der Waals surface area contributed by atoms with Gasteiger partial charge >= 0.3 is 6.36 Å². The van der Waals surface area contributed by atoms with Gasteiger partial charge < -0.3 is 10.1 Å². The molecule has 0 spiro atoms. The van der Waals surface area contributed by atoms with Crippen molar-refractivity contribution in [3.63, 3.8) is 0 Å². The number of halogens is 5. The Kier molecular flexibility index (Phi) is 5.32. The first-order valence-corrected chi connectivity index (χ1v) is 7.74. The highest BCUT2D eigenvalue weighted by Crippen LogP contribution is 2.26. The van der Waals surface area contributed by atoms with Gasteiger partial charge in [0.2, 0.25) is 0 Å². The fourth-order valence-electron chi connectivity index (χ4n) is 1.64. The maximum atomic E-state index is 12.2. The van der Waals surface area contributed by atoms with Crippen LogP contribution in [-0.2, 0) is 0 Å². The molecule has 0 aliphatic carbocycles. The van der Waals surface area contributed by atoms with Crippen molar-refractivity contribution in [1.82, 2.24) is 0 Å². The van der Waals surface area contributed by atoms with E-state index in [1.54, 1.807) is 18.2 Å². The highest BCUT2D eigenvalue weighted by molar-refractivity contribution is 14.1. The summed E-state index contributed by atoms with van der Waals surface area (Å²) >= 11 is 5.27. The van der Waals surface area contributed by atoms with E-state index in [-0.39, 0.29) is 5.69 Å². The quantitative estimate of drug-likeness (QED) is 0.606. The minimum absolute atomic E-state index is 0.211. The summed E-state index contributed by atoms with van der Waals surface area (Å²) < 4.78 is 41.8. The first kappa shape index (κ1) is 17.1. The number of hydrogen-bond donors (Lipinski definition) is 1. The zero-order valence-electron chi connectivity index (χ0n) is 10.7. The van der Waals surface area contributed by atoms with E-state index >= 15 is 0 Å². The maximum Gasteiger partial charge on any atom is 0.573 e. The van der Waals surface area contributed by atoms with Gasteiger partial charge in [0.25, 0.3) is 5.91 Å². The van der Waals surface area contributed by atoms with Gasteiger partial charge in [0, 0.05) is 19.8 Å². The van der Waals surface area contributed by atoms with Crippen molar-refractivity contribution in [3.05, 3.63) is 56.1 Å². The zero-order chi connectivity index (χ0) is 16.3. The van der Waals surface area contributed by atoms with Gasteiger partial charge in [0.05, 0.1) is 5.56 Å². The number of carbonyl (C=O) groups is 1. The van der Waals surface area contributed by atoms with Gasteiger partial charge in [-0.15, -0.1) is 13.2 Å². The van der Waals surface area contributed by atoms with Crippen LogP contribution in [0.4, 0.5) is 18.9 Å². The number of amides is 1. The molecular weight excluding hydrogens is 478 g/mol. The smallest absolute Gasteiger partial charge is 0.406 e. The highest BCUT2D eigenvalue weighted by atomic mass is 127. The number of anilines is 1. The molecule has 8 heteroatoms. The fourth-order valence-corrected chi connectivity index (χ4v) is 2.58. The predicted molar refractivity (Wildman–Crippen MR) is 87.9 cm³/mol. The summed E-state index contributed by atoms with van der Waals surface area (Å²) in [6.07, 6.45) is -4.78. The van der Waals surface area contributed by atoms with Crippen molar-refractivity contribution in [3.8, 4) is 5.75 Å². The second kappa shape index (κ2) is 6.86. The third kappa shape index (κ3) is 4.87. The normalized spacial score (nSPS) is 11.1. The van der Waals surface area contributed by atoms with Crippen LogP contribution in [0.5, 0.6) is 5.75 Å². The molecule has 0 aromatic heterocycles. The third-order valence-electron chi connectivity index (χ3n) is 2.50. The molecule has 1 N–H and O–H groups in total. The Hall–Kier alpha value is -1.29. The second-order valence-corrected chi connectivity index (χ2v) is 6.23. The van der Waals surface area contributed by atoms with Crippen LogP contribution in [0.25, 0.3) is 0 Å². The SMILES string of the molecule is O=C(Nc1cccc(OC(F)(F)F)c1)c1cc(Br)ccc1I. The van der Waals surface area contributed by atoms with Crippen LogP contribution in [0.15, 0.2) is 46.9 Å². The second-order valence-electron chi connectivity index (χ2n) is 4.15. The average molecular weight is 486 g/mol. The third-order valence-corrected chi connectivity index (χ3v) is 3.93. The molecule has 0 saturated heterocycles. The molecule has 0 atom stereocenters. The van der Waals surface area contributed by atoms with Gasteiger partial charge in [0.1, 0.15) is 5.75 Å². The van der Waals surface area contributed by atoms with E-state index in [1.807, 2.05) is 22.6 Å². The van der Waals surface area contributed by atoms with Crippen LogP contribution in [0.2, 0.25) is 0 Å². The molecule has 2 rings (SSSR count). The van der Waals surface area contributed by atoms with Crippen molar-refractivity contribution in [1.29, 1.82) is 0 Å². The Morgan fingerprint density at radius 3 is 2.59 bits per heavy atom. The summed E-state index contributed by atoms with van der Waals surface area (Å²) in [5.74, 6) is -0.816. The summed E-state index contributed by atoms with van der Waals surface area (Å²) in [6, 6.07) is 10.3. The van der Waals surface area contributed by atoms with Gasteiger partial charge in [0.15, 0.2) is 0 Å². The van der Waals surface area contributed by atoms with E-state index in [2.05, 4.69) is 26.0 Å². The molecule has 0 aliphatic rings. The van der Waals surface area contributed by atoms with Gasteiger partial charge in [-0.3, -0.25) is 4.79 Å². The number of alkyl halides is 3. The summed E-state index contributed by atoms with van der Waals surface area (Å²) in [4.78, 5) is 12.2. The lowest BCUT2D eigenvalue weighted by atomic mass is 10.2. The van der Waals surface area contributed by atoms with Gasteiger partial charge in [-0.2, -0.15) is 0 Å². The lowest BCUT2D eigenvalue weighted by Crippen LogP contribution is -2.17. The molecule has 0 saturated carbocycles. The highest BCUT2D eigenvalue weighted by Gasteiger charge is 2.31. The van der Waals surface area contributed by atoms with Crippen LogP contribution in [-0.4, -0.2) is 12.3 Å². The zero-order valence-corrected chi connectivity index (χ0v) is 14.5. The van der Waals surface area contributed by atoms with Crippen molar-refractivity contribution >= 4 is 50.1 Å². The van der Waals surface area contributed by atoms with Crippen LogP contribution in [0.3, 0.4) is 0 Å². The molecule has 3 nitrogen and oxygen atoms in total. The first-order valence-electron chi connectivity index (χ1n) is 5.87. The fraction of sp³-hybridized carbons (Fsp3) is 0.0714. The van der Waals surface area contributed by atoms with Gasteiger partial charge in [-0.25, -0.2) is 0 Å². The molecule has 0 unspecified atom stereocenters. The van der Waals surface area contributed by atoms with Crippen LogP contribution < -0.4 is 10.1 Å². The van der Waals surface area contributed by atoms with Crippen molar-refractivity contribution in [2.24, 2.45) is 0 Å². The number of nitrogens with one attached hydrogen (secondary N) is 1. The van der Waals surface area contributed by atoms with E-state index in [4.69, 9.17) is 0 Å². The Morgan fingerprint density at radius 1 is 1.18 bits per heavy atom. The molecule has 0 heterocycles. The van der Waals surface area contributed by atoms with Crippen LogP contribution in [0.1, 0.15) is 10.4 Å². The van der Waals surface area contributed by atoms with E-state index in [0.29, 0.717) is 5.56 Å². The molecule has 116 valence electrons. The summed E-state index contributed by atoms with van der Waals surface area (Å²) in [5.41, 5.74) is 0.625. The van der Waals surface area contributed by atoms with Gasteiger partial charge in [-0.1, -0.05) is 22.0 Å². The number of ether oxygens (including phenoxy) is 1. The molecule has 2 aromatic carbocycles. The molecule has 2 aromatic rings. The molecule has 0 bridgehead atoms. The molecule has 22 heavy (non-hydrogen) atoms. The van der Waals surface area contributed by atoms with Crippen molar-refractivity contribution in [2.45, 2.75) is 6.36 Å². The molecule has 1 amide bonds. The summed E-state index contributed by atoms with van der Waals surface area (Å²) in [6.45, 7) is 0. The standard InChI is InChI=1S/C14H8BrF3INO2/c15-8-4-5-12(19)11(6-8)13(21)20-9-2-1-3-10(7-9)22-14(16,17)18/h1-7H,(H,20,21). The average Bonchev–Trinajstić information content (AvgIpc) is 2.40. The molecule has 0 fully saturated rings. The van der Waals surface area contributed by atoms with E-state index in [1.165, 1.54) is 12.1 Å². The molecule has 0 aliphatic heterocycles. The maximum absolute atomic E-state index is 12.2. The number of benzene rings is 2. The van der Waals surface area contributed by atoms with E-state index in [0.717, 1.165) is 20.2 Å². The Bertz CT molecular complexity index is 707. The van der Waals surface area contributed by atoms with Crippen LogP contribution in [0, 0.1) is 3.57 Å². The van der Waals surface area contributed by atoms with Crippen molar-refractivity contribution < 1.29 is 22.7 Å². The largest absolute Gasteiger partial charge is 0.573 e. The Morgan fingerprint density at radius 2 is 1.91 bits per heavy atom. The topological polar surface area (TPSA) is 38.3 Å². The lowest BCUT2D eigenvalue weighted by Gasteiger charge is -2.11. The molecular formula is C14H8BrF3INO2. The van der Waals surface area contributed by atoms with Crippen LogP contribution >= 0.6 is 38.5 Å². The number of rotatable bonds is 3. The molecule has 0 radical (unpaired) electrons. The summed E-state index contributed by atoms with van der Waals surface area (Å²) in [5, 5.41) is 2.54. The Balaban J connectivity index is 2.18. The Labute approximate surface area is 146 Å². The van der Waals surface area contributed by atoms with E-state index < -0.39 is 18.0 Å². The first-order chi connectivity index (χ1) is 10.2. The number of carbonyl (C=O) groups excluding carboxylic acids is 1. The predicted octanol–water partition coefficient (Wildman–Crippen LogP) is 5.20. The summed E-state index contributed by atoms with van der Waals surface area (Å²) in [7, 11) is 0.